The van der Waals surface area contributed by atoms with Gasteiger partial charge in [-0.3, -0.25) is 9.10 Å². The number of nitrogens with one attached hydrogen (secondary N) is 1. The van der Waals surface area contributed by atoms with Crippen LogP contribution in [0, 0.1) is 13.8 Å². The molecule has 0 unspecified atom stereocenters. The maximum Gasteiger partial charge on any atom is 0.244 e. The molecule has 2 rings (SSSR count). The predicted molar refractivity (Wildman–Crippen MR) is 111 cm³/mol. The van der Waals surface area contributed by atoms with Crippen molar-refractivity contribution in [1.82, 2.24) is 5.32 Å². The third-order valence-corrected chi connectivity index (χ3v) is 5.88. The van der Waals surface area contributed by atoms with Gasteiger partial charge in [-0.1, -0.05) is 48.9 Å². The van der Waals surface area contributed by atoms with Crippen LogP contribution >= 0.6 is 11.6 Å². The Bertz CT molecular complexity index is 929. The van der Waals surface area contributed by atoms with Crippen LogP contribution in [0.3, 0.4) is 0 Å². The number of halogens is 1. The average molecular weight is 409 g/mol. The molecule has 0 aromatic heterocycles. The third-order valence-electron chi connectivity index (χ3n) is 4.34. The maximum atomic E-state index is 12.9. The number of aryl methyl sites for hydroxylation is 2. The van der Waals surface area contributed by atoms with E-state index >= 15 is 0 Å². The number of sulfonamides is 1. The average Bonchev–Trinajstić information content (AvgIpc) is 2.60. The smallest absolute Gasteiger partial charge is 0.244 e. The van der Waals surface area contributed by atoms with Gasteiger partial charge in [-0.15, -0.1) is 0 Å². The summed E-state index contributed by atoms with van der Waals surface area (Å²) in [7, 11) is -3.66. The van der Waals surface area contributed by atoms with Gasteiger partial charge in [-0.05, 0) is 49.1 Å². The number of carbonyl (C=O) groups is 1. The minimum Gasteiger partial charge on any atom is -0.350 e. The summed E-state index contributed by atoms with van der Waals surface area (Å²) in [5.41, 5.74) is 3.02. The lowest BCUT2D eigenvalue weighted by atomic mass is 10.1. The van der Waals surface area contributed by atoms with Crippen molar-refractivity contribution in [3.05, 3.63) is 64.2 Å². The number of amides is 1. The molecule has 2 aromatic rings. The summed E-state index contributed by atoms with van der Waals surface area (Å²) in [6, 6.07) is 11.9. The molecule has 0 heterocycles. The van der Waals surface area contributed by atoms with E-state index in [9.17, 15) is 13.2 Å². The lowest BCUT2D eigenvalue weighted by molar-refractivity contribution is -0.122. The molecule has 0 spiro atoms. The summed E-state index contributed by atoms with van der Waals surface area (Å²) in [5.74, 6) is -0.358. The van der Waals surface area contributed by atoms with E-state index in [1.165, 1.54) is 4.31 Å². The van der Waals surface area contributed by atoms with Crippen LogP contribution in [0.1, 0.15) is 30.0 Å². The highest BCUT2D eigenvalue weighted by Gasteiger charge is 2.32. The summed E-state index contributed by atoms with van der Waals surface area (Å²) in [4.78, 5) is 12.9. The molecule has 7 heteroatoms. The monoisotopic (exact) mass is 408 g/mol. The Morgan fingerprint density at radius 3 is 2.44 bits per heavy atom. The number of anilines is 1. The molecular formula is C20H25ClN2O3S. The fourth-order valence-electron chi connectivity index (χ4n) is 2.93. The first kappa shape index (κ1) is 21.3. The fraction of sp³-hybridized carbons (Fsp3) is 0.350. The molecule has 5 nitrogen and oxygen atoms in total. The van der Waals surface area contributed by atoms with Crippen LogP contribution in [0.4, 0.5) is 5.69 Å². The Labute approximate surface area is 166 Å². The topological polar surface area (TPSA) is 66.5 Å². The minimum atomic E-state index is -3.66. The molecule has 0 aliphatic rings. The predicted octanol–water partition coefficient (Wildman–Crippen LogP) is 3.82. The van der Waals surface area contributed by atoms with Crippen LogP contribution in [0.2, 0.25) is 5.02 Å². The summed E-state index contributed by atoms with van der Waals surface area (Å²) in [6.45, 7) is 5.76. The van der Waals surface area contributed by atoms with Gasteiger partial charge in [-0.25, -0.2) is 8.42 Å². The quantitative estimate of drug-likeness (QED) is 0.757. The molecule has 0 saturated heterocycles. The van der Waals surface area contributed by atoms with Crippen LogP contribution < -0.4 is 9.62 Å². The second-order valence-corrected chi connectivity index (χ2v) is 8.85. The lowest BCUT2D eigenvalue weighted by Crippen LogP contribution is -2.49. The van der Waals surface area contributed by atoms with Gasteiger partial charge in [0.05, 0.1) is 11.9 Å². The van der Waals surface area contributed by atoms with Gasteiger partial charge in [0, 0.05) is 11.6 Å². The van der Waals surface area contributed by atoms with E-state index in [-0.39, 0.29) is 12.5 Å². The van der Waals surface area contributed by atoms with Crippen LogP contribution in [-0.4, -0.2) is 26.6 Å². The van der Waals surface area contributed by atoms with Crippen molar-refractivity contribution >= 4 is 33.2 Å². The standard InChI is InChI=1S/C20H25ClN2O3S/c1-5-18(20(24)22-13-16-8-6-7-9-17(16)21)23(27(4,25)26)19-12-14(2)10-11-15(19)3/h6-12,18H,5,13H2,1-4H3,(H,22,24)/t18-/m1/s1. The molecule has 2 aromatic carbocycles. The van der Waals surface area contributed by atoms with E-state index in [4.69, 9.17) is 11.6 Å². The summed E-state index contributed by atoms with van der Waals surface area (Å²) in [6.07, 6.45) is 1.47. The molecule has 0 radical (unpaired) electrons. The highest BCUT2D eigenvalue weighted by molar-refractivity contribution is 7.92. The minimum absolute atomic E-state index is 0.236. The number of hydrogen-bond donors (Lipinski definition) is 1. The van der Waals surface area contributed by atoms with Crippen molar-refractivity contribution in [2.24, 2.45) is 0 Å². The van der Waals surface area contributed by atoms with Gasteiger partial charge in [-0.2, -0.15) is 0 Å². The Kier molecular flexibility index (Phi) is 6.89. The molecule has 0 saturated carbocycles. The van der Waals surface area contributed by atoms with Crippen LogP contribution in [-0.2, 0) is 21.4 Å². The first-order valence-corrected chi connectivity index (χ1v) is 11.0. The van der Waals surface area contributed by atoms with Gasteiger partial charge < -0.3 is 5.32 Å². The highest BCUT2D eigenvalue weighted by Crippen LogP contribution is 2.27. The Hall–Kier alpha value is -2.05. The number of rotatable bonds is 7. The molecule has 0 bridgehead atoms. The van der Waals surface area contributed by atoms with Gasteiger partial charge in [0.15, 0.2) is 0 Å². The molecule has 1 atom stereocenters. The van der Waals surface area contributed by atoms with E-state index in [0.29, 0.717) is 17.1 Å². The van der Waals surface area contributed by atoms with Crippen LogP contribution in [0.15, 0.2) is 42.5 Å². The molecule has 27 heavy (non-hydrogen) atoms. The SMILES string of the molecule is CC[C@H](C(=O)NCc1ccccc1Cl)N(c1cc(C)ccc1C)S(C)(=O)=O. The first-order valence-electron chi connectivity index (χ1n) is 8.73. The Morgan fingerprint density at radius 1 is 1.19 bits per heavy atom. The molecule has 1 amide bonds. The molecule has 0 fully saturated rings. The Morgan fingerprint density at radius 2 is 1.85 bits per heavy atom. The Balaban J connectivity index is 2.33. The van der Waals surface area contributed by atoms with Gasteiger partial charge in [0.1, 0.15) is 6.04 Å². The van der Waals surface area contributed by atoms with Crippen molar-refractivity contribution in [3.63, 3.8) is 0 Å². The molecular weight excluding hydrogens is 384 g/mol. The van der Waals surface area contributed by atoms with E-state index in [1.807, 2.05) is 44.2 Å². The molecule has 0 aliphatic heterocycles. The first-order chi connectivity index (χ1) is 12.6. The number of benzene rings is 2. The molecule has 146 valence electrons. The van der Waals surface area contributed by atoms with Gasteiger partial charge in [0.25, 0.3) is 0 Å². The zero-order valence-electron chi connectivity index (χ0n) is 16.0. The van der Waals surface area contributed by atoms with Crippen LogP contribution in [0.5, 0.6) is 0 Å². The van der Waals surface area contributed by atoms with E-state index < -0.39 is 16.1 Å². The number of nitrogens with zero attached hydrogens (tertiary/aromatic N) is 1. The lowest BCUT2D eigenvalue weighted by Gasteiger charge is -2.31. The van der Waals surface area contributed by atoms with Crippen molar-refractivity contribution in [2.75, 3.05) is 10.6 Å². The van der Waals surface area contributed by atoms with E-state index in [1.54, 1.807) is 19.1 Å². The summed E-state index contributed by atoms with van der Waals surface area (Å²) < 4.78 is 26.3. The van der Waals surface area contributed by atoms with Crippen molar-refractivity contribution in [2.45, 2.75) is 39.8 Å². The maximum absolute atomic E-state index is 12.9. The molecule has 0 aliphatic carbocycles. The summed E-state index contributed by atoms with van der Waals surface area (Å²) in [5, 5.41) is 3.37. The van der Waals surface area contributed by atoms with E-state index in [0.717, 1.165) is 22.9 Å². The van der Waals surface area contributed by atoms with E-state index in [2.05, 4.69) is 5.32 Å². The number of carbonyl (C=O) groups excluding carboxylic acids is 1. The third kappa shape index (κ3) is 5.23. The van der Waals surface area contributed by atoms with Crippen molar-refractivity contribution in [1.29, 1.82) is 0 Å². The second-order valence-electron chi connectivity index (χ2n) is 6.58. The molecule has 1 N–H and O–H groups in total. The van der Waals surface area contributed by atoms with Crippen molar-refractivity contribution < 1.29 is 13.2 Å². The second kappa shape index (κ2) is 8.76. The zero-order valence-corrected chi connectivity index (χ0v) is 17.6. The van der Waals surface area contributed by atoms with Crippen molar-refractivity contribution in [3.8, 4) is 0 Å². The zero-order chi connectivity index (χ0) is 20.2. The van der Waals surface area contributed by atoms with Gasteiger partial charge >= 0.3 is 0 Å². The largest absolute Gasteiger partial charge is 0.350 e. The van der Waals surface area contributed by atoms with Crippen LogP contribution in [0.25, 0.3) is 0 Å². The summed E-state index contributed by atoms with van der Waals surface area (Å²) >= 11 is 6.13. The number of hydrogen-bond acceptors (Lipinski definition) is 3. The highest BCUT2D eigenvalue weighted by atomic mass is 35.5. The fourth-order valence-corrected chi connectivity index (χ4v) is 4.40. The normalized spacial score (nSPS) is 12.5. The van der Waals surface area contributed by atoms with Gasteiger partial charge in [0.2, 0.25) is 15.9 Å².